The van der Waals surface area contributed by atoms with Crippen molar-refractivity contribution in [3.05, 3.63) is 70.9 Å². The van der Waals surface area contributed by atoms with Crippen molar-refractivity contribution in [3.8, 4) is 11.5 Å². The second kappa shape index (κ2) is 7.81. The Balaban J connectivity index is 1.58. The molecular formula is C22H20N6OS. The van der Waals surface area contributed by atoms with Crippen LogP contribution in [0.4, 0.5) is 5.82 Å². The number of carbonyl (C=O) groups excluding carboxylic acids is 1. The highest BCUT2D eigenvalue weighted by Crippen LogP contribution is 2.33. The SMILES string of the molecule is NC(=O)c1cccc2c(-c3nc4c(c(NCc5ccccc5)n3)CNCC4)nsc12. The number of carbonyl (C=O) groups is 1. The Labute approximate surface area is 177 Å². The summed E-state index contributed by atoms with van der Waals surface area (Å²) in [5.41, 5.74) is 9.99. The van der Waals surface area contributed by atoms with Gasteiger partial charge in [0.1, 0.15) is 11.5 Å². The van der Waals surface area contributed by atoms with Crippen molar-refractivity contribution in [2.24, 2.45) is 5.73 Å². The fourth-order valence-electron chi connectivity index (χ4n) is 3.69. The number of aromatic nitrogens is 3. The second-order valence-electron chi connectivity index (χ2n) is 7.16. The Morgan fingerprint density at radius 2 is 2.00 bits per heavy atom. The van der Waals surface area contributed by atoms with E-state index in [1.807, 2.05) is 30.3 Å². The van der Waals surface area contributed by atoms with E-state index < -0.39 is 5.91 Å². The molecule has 2 aromatic carbocycles. The third-order valence-corrected chi connectivity index (χ3v) is 6.11. The minimum Gasteiger partial charge on any atom is -0.366 e. The highest BCUT2D eigenvalue weighted by molar-refractivity contribution is 7.14. The smallest absolute Gasteiger partial charge is 0.250 e. The molecule has 0 saturated heterocycles. The Hall–Kier alpha value is -3.36. The first-order valence-electron chi connectivity index (χ1n) is 9.77. The lowest BCUT2D eigenvalue weighted by atomic mass is 10.1. The molecule has 0 spiro atoms. The normalized spacial score (nSPS) is 13.2. The van der Waals surface area contributed by atoms with E-state index in [1.165, 1.54) is 17.1 Å². The lowest BCUT2D eigenvalue weighted by molar-refractivity contribution is 0.100. The summed E-state index contributed by atoms with van der Waals surface area (Å²) in [6.07, 6.45) is 0.833. The molecule has 1 amide bonds. The molecule has 5 rings (SSSR count). The summed E-state index contributed by atoms with van der Waals surface area (Å²) in [5.74, 6) is 0.927. The third kappa shape index (κ3) is 3.40. The van der Waals surface area contributed by atoms with Gasteiger partial charge in [0.05, 0.1) is 16.0 Å². The predicted octanol–water partition coefficient (Wildman–Crippen LogP) is 3.11. The van der Waals surface area contributed by atoms with Crippen molar-refractivity contribution >= 4 is 33.3 Å². The monoisotopic (exact) mass is 416 g/mol. The minimum atomic E-state index is -0.460. The summed E-state index contributed by atoms with van der Waals surface area (Å²) in [6.45, 7) is 2.29. The Morgan fingerprint density at radius 3 is 2.83 bits per heavy atom. The number of fused-ring (bicyclic) bond motifs is 2. The summed E-state index contributed by atoms with van der Waals surface area (Å²) >= 11 is 1.25. The van der Waals surface area contributed by atoms with Crippen LogP contribution in [0.25, 0.3) is 21.6 Å². The molecule has 30 heavy (non-hydrogen) atoms. The van der Waals surface area contributed by atoms with Crippen LogP contribution >= 0.6 is 11.5 Å². The first kappa shape index (κ1) is 18.7. The van der Waals surface area contributed by atoms with Gasteiger partial charge in [-0.3, -0.25) is 4.79 Å². The molecule has 8 heteroatoms. The highest BCUT2D eigenvalue weighted by atomic mass is 32.1. The van der Waals surface area contributed by atoms with Gasteiger partial charge in [-0.2, -0.15) is 4.37 Å². The fourth-order valence-corrected chi connectivity index (χ4v) is 4.59. The molecule has 150 valence electrons. The van der Waals surface area contributed by atoms with Crippen LogP contribution in [0.1, 0.15) is 27.2 Å². The number of amides is 1. The van der Waals surface area contributed by atoms with Crippen molar-refractivity contribution in [1.29, 1.82) is 0 Å². The van der Waals surface area contributed by atoms with E-state index in [2.05, 4.69) is 27.1 Å². The van der Waals surface area contributed by atoms with Crippen LogP contribution in [-0.2, 0) is 19.5 Å². The molecule has 0 bridgehead atoms. The molecule has 0 unspecified atom stereocenters. The predicted molar refractivity (Wildman–Crippen MR) is 118 cm³/mol. The summed E-state index contributed by atoms with van der Waals surface area (Å²) in [6, 6.07) is 15.7. The van der Waals surface area contributed by atoms with Crippen molar-refractivity contribution < 1.29 is 4.79 Å². The molecule has 0 fully saturated rings. The van der Waals surface area contributed by atoms with E-state index in [1.54, 1.807) is 6.07 Å². The molecule has 7 nitrogen and oxygen atoms in total. The van der Waals surface area contributed by atoms with E-state index in [9.17, 15) is 4.79 Å². The number of nitrogens with one attached hydrogen (secondary N) is 2. The van der Waals surface area contributed by atoms with E-state index >= 15 is 0 Å². The molecule has 1 aliphatic rings. The maximum absolute atomic E-state index is 11.8. The van der Waals surface area contributed by atoms with Crippen LogP contribution in [-0.4, -0.2) is 26.8 Å². The summed E-state index contributed by atoms with van der Waals surface area (Å²) in [4.78, 5) is 21.4. The average Bonchev–Trinajstić information content (AvgIpc) is 3.22. The van der Waals surface area contributed by atoms with E-state index in [0.717, 1.165) is 46.7 Å². The zero-order chi connectivity index (χ0) is 20.5. The van der Waals surface area contributed by atoms with Gasteiger partial charge >= 0.3 is 0 Å². The van der Waals surface area contributed by atoms with Gasteiger partial charge in [0.15, 0.2) is 5.82 Å². The van der Waals surface area contributed by atoms with Crippen molar-refractivity contribution in [2.75, 3.05) is 11.9 Å². The zero-order valence-electron chi connectivity index (χ0n) is 16.2. The molecule has 0 aliphatic carbocycles. The van der Waals surface area contributed by atoms with Crippen LogP contribution in [0.15, 0.2) is 48.5 Å². The topological polar surface area (TPSA) is 106 Å². The number of nitrogens with zero attached hydrogens (tertiary/aromatic N) is 3. The van der Waals surface area contributed by atoms with Crippen LogP contribution in [0, 0.1) is 0 Å². The molecule has 0 atom stereocenters. The van der Waals surface area contributed by atoms with Gasteiger partial charge in [-0.05, 0) is 23.2 Å². The highest BCUT2D eigenvalue weighted by Gasteiger charge is 2.21. The molecule has 1 aliphatic heterocycles. The van der Waals surface area contributed by atoms with Crippen molar-refractivity contribution in [1.82, 2.24) is 19.7 Å². The standard InChI is InChI=1S/C22H20N6OS/c23-20(29)15-8-4-7-14-18(28-30-19(14)15)22-26-17-9-10-24-12-16(17)21(27-22)25-11-13-5-2-1-3-6-13/h1-8,24H,9-12H2,(H2,23,29)(H,25,26,27). The number of rotatable bonds is 5. The van der Waals surface area contributed by atoms with Gasteiger partial charge in [0, 0.05) is 37.0 Å². The van der Waals surface area contributed by atoms with E-state index in [-0.39, 0.29) is 0 Å². The molecule has 4 N–H and O–H groups in total. The largest absolute Gasteiger partial charge is 0.366 e. The maximum Gasteiger partial charge on any atom is 0.250 e. The summed E-state index contributed by atoms with van der Waals surface area (Å²) in [5, 5.41) is 7.72. The third-order valence-electron chi connectivity index (χ3n) is 5.21. The number of primary amides is 1. The summed E-state index contributed by atoms with van der Waals surface area (Å²) < 4.78 is 5.35. The van der Waals surface area contributed by atoms with Gasteiger partial charge in [-0.25, -0.2) is 9.97 Å². The lowest BCUT2D eigenvalue weighted by Gasteiger charge is -2.20. The maximum atomic E-state index is 11.8. The van der Waals surface area contributed by atoms with Gasteiger partial charge < -0.3 is 16.4 Å². The molecule has 0 saturated carbocycles. The van der Waals surface area contributed by atoms with Gasteiger partial charge in [-0.1, -0.05) is 42.5 Å². The van der Waals surface area contributed by atoms with Gasteiger partial charge in [-0.15, -0.1) is 0 Å². The Morgan fingerprint density at radius 1 is 1.13 bits per heavy atom. The number of benzene rings is 2. The number of anilines is 1. The van der Waals surface area contributed by atoms with Crippen LogP contribution in [0.5, 0.6) is 0 Å². The molecular weight excluding hydrogens is 396 g/mol. The van der Waals surface area contributed by atoms with E-state index in [0.29, 0.717) is 23.6 Å². The molecule has 4 aromatic rings. The van der Waals surface area contributed by atoms with Gasteiger partial charge in [0.2, 0.25) is 5.91 Å². The van der Waals surface area contributed by atoms with Crippen LogP contribution in [0.3, 0.4) is 0 Å². The minimum absolute atomic E-state index is 0.460. The summed E-state index contributed by atoms with van der Waals surface area (Å²) in [7, 11) is 0. The quantitative estimate of drug-likeness (QED) is 0.462. The first-order valence-corrected chi connectivity index (χ1v) is 10.5. The zero-order valence-corrected chi connectivity index (χ0v) is 17.0. The van der Waals surface area contributed by atoms with Crippen LogP contribution in [0.2, 0.25) is 0 Å². The number of hydrogen-bond donors (Lipinski definition) is 3. The first-order chi connectivity index (χ1) is 14.7. The average molecular weight is 417 g/mol. The number of nitrogens with two attached hydrogens (primary N) is 1. The molecule has 2 aromatic heterocycles. The van der Waals surface area contributed by atoms with Crippen LogP contribution < -0.4 is 16.4 Å². The van der Waals surface area contributed by atoms with Crippen molar-refractivity contribution in [2.45, 2.75) is 19.5 Å². The Bertz CT molecular complexity index is 1240. The van der Waals surface area contributed by atoms with E-state index in [4.69, 9.17) is 15.7 Å². The Kier molecular flexibility index (Phi) is 4.86. The lowest BCUT2D eigenvalue weighted by Crippen LogP contribution is -2.26. The molecule has 0 radical (unpaired) electrons. The molecule has 3 heterocycles. The van der Waals surface area contributed by atoms with Gasteiger partial charge in [0.25, 0.3) is 0 Å². The van der Waals surface area contributed by atoms with Crippen molar-refractivity contribution in [3.63, 3.8) is 0 Å². The number of hydrogen-bond acceptors (Lipinski definition) is 7. The second-order valence-corrected chi connectivity index (χ2v) is 7.94. The fraction of sp³-hybridized carbons (Fsp3) is 0.182.